The Morgan fingerprint density at radius 1 is 1.35 bits per heavy atom. The van der Waals surface area contributed by atoms with E-state index in [9.17, 15) is 10.4 Å². The van der Waals surface area contributed by atoms with Crippen molar-refractivity contribution in [3.05, 3.63) is 35.9 Å². The van der Waals surface area contributed by atoms with Crippen LogP contribution in [0.4, 0.5) is 0 Å². The fourth-order valence-corrected chi connectivity index (χ4v) is 2.66. The zero-order chi connectivity index (χ0) is 14.4. The van der Waals surface area contributed by atoms with Gasteiger partial charge in [0.05, 0.1) is 18.7 Å². The molecule has 0 spiro atoms. The molecule has 2 atom stereocenters. The van der Waals surface area contributed by atoms with Crippen molar-refractivity contribution in [1.29, 1.82) is 5.26 Å². The molecule has 1 aromatic carbocycles. The maximum atomic E-state index is 9.61. The van der Waals surface area contributed by atoms with E-state index in [1.54, 1.807) is 0 Å². The number of hydrogen-bond acceptors (Lipinski definition) is 4. The second kappa shape index (κ2) is 6.85. The third-order valence-corrected chi connectivity index (χ3v) is 4.21. The number of aliphatic hydroxyl groups excluding tert-OH is 1. The van der Waals surface area contributed by atoms with Crippen molar-refractivity contribution < 1.29 is 9.84 Å². The number of aliphatic hydroxyl groups is 1. The highest BCUT2D eigenvalue weighted by Crippen LogP contribution is 2.34. The Bertz CT molecular complexity index is 449. The van der Waals surface area contributed by atoms with E-state index in [1.807, 2.05) is 30.3 Å². The highest BCUT2D eigenvalue weighted by Gasteiger charge is 2.37. The molecule has 20 heavy (non-hydrogen) atoms. The topological polar surface area (TPSA) is 65.3 Å². The Hall–Kier alpha value is -1.41. The van der Waals surface area contributed by atoms with Gasteiger partial charge in [0.1, 0.15) is 6.04 Å². The Balaban J connectivity index is 2.10. The lowest BCUT2D eigenvalue weighted by atomic mass is 9.75. The van der Waals surface area contributed by atoms with E-state index in [-0.39, 0.29) is 24.1 Å². The lowest BCUT2D eigenvalue weighted by molar-refractivity contribution is 0.0104. The van der Waals surface area contributed by atoms with Gasteiger partial charge in [-0.25, -0.2) is 0 Å². The monoisotopic (exact) mass is 274 g/mol. The first-order chi connectivity index (χ1) is 9.69. The predicted octanol–water partition coefficient (Wildman–Crippen LogP) is 2.02. The van der Waals surface area contributed by atoms with Gasteiger partial charge in [-0.05, 0) is 18.4 Å². The van der Waals surface area contributed by atoms with Gasteiger partial charge in [-0.2, -0.15) is 5.26 Å². The first-order valence-electron chi connectivity index (χ1n) is 7.09. The molecule has 1 saturated heterocycles. The van der Waals surface area contributed by atoms with Crippen LogP contribution in [0.1, 0.15) is 31.4 Å². The molecule has 0 aliphatic carbocycles. The molecule has 0 aromatic heterocycles. The SMILES string of the molecule is CC1([C@@H](C#N)N[C@@H](CO)c2ccccc2)CCOCC1. The van der Waals surface area contributed by atoms with Gasteiger partial charge >= 0.3 is 0 Å². The molecule has 108 valence electrons. The van der Waals surface area contributed by atoms with Crippen LogP contribution in [0.15, 0.2) is 30.3 Å². The highest BCUT2D eigenvalue weighted by atomic mass is 16.5. The van der Waals surface area contributed by atoms with E-state index < -0.39 is 0 Å². The van der Waals surface area contributed by atoms with Crippen molar-refractivity contribution in [1.82, 2.24) is 5.32 Å². The van der Waals surface area contributed by atoms with Gasteiger partial charge in [-0.3, -0.25) is 5.32 Å². The molecule has 0 bridgehead atoms. The molecule has 1 heterocycles. The summed E-state index contributed by atoms with van der Waals surface area (Å²) in [6.07, 6.45) is 1.73. The number of hydrogen-bond donors (Lipinski definition) is 2. The molecule has 4 heteroatoms. The smallest absolute Gasteiger partial charge is 0.101 e. The normalized spacial score (nSPS) is 20.9. The van der Waals surface area contributed by atoms with Gasteiger partial charge in [0, 0.05) is 18.6 Å². The lowest BCUT2D eigenvalue weighted by Gasteiger charge is -2.39. The van der Waals surface area contributed by atoms with Crippen LogP contribution in [0.2, 0.25) is 0 Å². The summed E-state index contributed by atoms with van der Waals surface area (Å²) in [7, 11) is 0. The van der Waals surface area contributed by atoms with Gasteiger partial charge in [-0.15, -0.1) is 0 Å². The van der Waals surface area contributed by atoms with Crippen LogP contribution in [0.25, 0.3) is 0 Å². The molecule has 2 rings (SSSR count). The largest absolute Gasteiger partial charge is 0.394 e. The molecule has 0 saturated carbocycles. The van der Waals surface area contributed by atoms with Crippen LogP contribution in [0.5, 0.6) is 0 Å². The summed E-state index contributed by atoms with van der Waals surface area (Å²) >= 11 is 0. The fraction of sp³-hybridized carbons (Fsp3) is 0.562. The molecule has 1 aromatic rings. The van der Waals surface area contributed by atoms with E-state index in [0.29, 0.717) is 13.2 Å². The molecule has 1 aliphatic heterocycles. The van der Waals surface area contributed by atoms with E-state index in [1.165, 1.54) is 0 Å². The molecule has 2 N–H and O–H groups in total. The van der Waals surface area contributed by atoms with Crippen LogP contribution in [0, 0.1) is 16.7 Å². The van der Waals surface area contributed by atoms with Crippen molar-refractivity contribution >= 4 is 0 Å². The summed E-state index contributed by atoms with van der Waals surface area (Å²) in [4.78, 5) is 0. The molecular weight excluding hydrogens is 252 g/mol. The standard InChI is InChI=1S/C16H22N2O2/c1-16(7-9-20-10-8-16)15(11-17)18-14(12-19)13-5-3-2-4-6-13/h2-6,14-15,18-19H,7-10,12H2,1H3/t14-,15+/m0/s1. The van der Waals surface area contributed by atoms with E-state index >= 15 is 0 Å². The van der Waals surface area contributed by atoms with E-state index in [0.717, 1.165) is 18.4 Å². The average Bonchev–Trinajstić information content (AvgIpc) is 2.50. The molecule has 1 fully saturated rings. The minimum Gasteiger partial charge on any atom is -0.394 e. The van der Waals surface area contributed by atoms with Crippen LogP contribution >= 0.6 is 0 Å². The van der Waals surface area contributed by atoms with Crippen molar-refractivity contribution in [2.45, 2.75) is 31.8 Å². The molecule has 0 amide bonds. The molecule has 1 aliphatic rings. The van der Waals surface area contributed by atoms with Crippen molar-refractivity contribution in [2.75, 3.05) is 19.8 Å². The summed E-state index contributed by atoms with van der Waals surface area (Å²) in [5.41, 5.74) is 0.903. The van der Waals surface area contributed by atoms with Crippen LogP contribution in [-0.2, 0) is 4.74 Å². The lowest BCUT2D eigenvalue weighted by Crippen LogP contribution is -2.47. The summed E-state index contributed by atoms with van der Waals surface area (Å²) in [5.74, 6) is 0. The van der Waals surface area contributed by atoms with Gasteiger partial charge in [0.2, 0.25) is 0 Å². The average molecular weight is 274 g/mol. The first-order valence-corrected chi connectivity index (χ1v) is 7.09. The van der Waals surface area contributed by atoms with Crippen molar-refractivity contribution in [2.24, 2.45) is 5.41 Å². The van der Waals surface area contributed by atoms with Crippen LogP contribution < -0.4 is 5.32 Å². The molecule has 0 radical (unpaired) electrons. The molecule has 4 nitrogen and oxygen atoms in total. The fourth-order valence-electron chi connectivity index (χ4n) is 2.66. The summed E-state index contributed by atoms with van der Waals surface area (Å²) in [6, 6.07) is 11.6. The highest BCUT2D eigenvalue weighted by molar-refractivity contribution is 5.20. The van der Waals surface area contributed by atoms with Crippen LogP contribution in [-0.4, -0.2) is 31.0 Å². The number of nitriles is 1. The van der Waals surface area contributed by atoms with Crippen molar-refractivity contribution in [3.8, 4) is 6.07 Å². The zero-order valence-corrected chi connectivity index (χ0v) is 11.9. The second-order valence-electron chi connectivity index (χ2n) is 5.64. The second-order valence-corrected chi connectivity index (χ2v) is 5.64. The molecule has 0 unspecified atom stereocenters. The first kappa shape index (κ1) is 15.0. The Kier molecular flexibility index (Phi) is 5.13. The number of nitrogens with zero attached hydrogens (tertiary/aromatic N) is 1. The number of rotatable bonds is 5. The Morgan fingerprint density at radius 3 is 2.55 bits per heavy atom. The maximum absolute atomic E-state index is 9.61. The van der Waals surface area contributed by atoms with Gasteiger partial charge in [0.15, 0.2) is 0 Å². The Labute approximate surface area is 120 Å². The van der Waals surface area contributed by atoms with E-state index in [4.69, 9.17) is 4.74 Å². The molecular formula is C16H22N2O2. The number of benzene rings is 1. The zero-order valence-electron chi connectivity index (χ0n) is 11.9. The summed E-state index contributed by atoms with van der Waals surface area (Å²) < 4.78 is 5.39. The summed E-state index contributed by atoms with van der Waals surface area (Å²) in [6.45, 7) is 3.50. The predicted molar refractivity (Wildman–Crippen MR) is 77.0 cm³/mol. The van der Waals surface area contributed by atoms with Gasteiger partial charge in [0.25, 0.3) is 0 Å². The van der Waals surface area contributed by atoms with Crippen LogP contribution in [0.3, 0.4) is 0 Å². The third kappa shape index (κ3) is 3.37. The van der Waals surface area contributed by atoms with Gasteiger partial charge < -0.3 is 9.84 Å². The minimum absolute atomic E-state index is 0.0191. The third-order valence-electron chi connectivity index (χ3n) is 4.21. The van der Waals surface area contributed by atoms with E-state index in [2.05, 4.69) is 18.3 Å². The Morgan fingerprint density at radius 2 is 2.00 bits per heavy atom. The number of nitrogens with one attached hydrogen (secondary N) is 1. The summed E-state index contributed by atoms with van der Waals surface area (Å²) in [5, 5.41) is 22.4. The quantitative estimate of drug-likeness (QED) is 0.862. The van der Waals surface area contributed by atoms with Gasteiger partial charge in [-0.1, -0.05) is 37.3 Å². The number of ether oxygens (including phenoxy) is 1. The maximum Gasteiger partial charge on any atom is 0.101 e. The van der Waals surface area contributed by atoms with Crippen molar-refractivity contribution in [3.63, 3.8) is 0 Å². The minimum atomic E-state index is -0.288.